The minimum Gasteiger partial charge on any atom is -0.491 e. The van der Waals surface area contributed by atoms with Gasteiger partial charge in [0.15, 0.2) is 0 Å². The molecule has 1 aliphatic rings. The Morgan fingerprint density at radius 1 is 1.18 bits per heavy atom. The second kappa shape index (κ2) is 5.09. The third-order valence-electron chi connectivity index (χ3n) is 3.44. The molecule has 1 heterocycles. The van der Waals surface area contributed by atoms with Gasteiger partial charge in [0.05, 0.1) is 6.10 Å². The molecule has 94 valence electrons. The predicted octanol–water partition coefficient (Wildman–Crippen LogP) is 3.33. The average Bonchev–Trinajstić information content (AvgIpc) is 2.58. The summed E-state index contributed by atoms with van der Waals surface area (Å²) in [7, 11) is 0. The third kappa shape index (κ3) is 3.01. The van der Waals surface area contributed by atoms with Crippen molar-refractivity contribution in [3.8, 4) is 5.75 Å². The molecule has 0 saturated carbocycles. The molecule has 0 aromatic heterocycles. The summed E-state index contributed by atoms with van der Waals surface area (Å²) < 4.78 is 5.66. The third-order valence-corrected chi connectivity index (χ3v) is 3.44. The smallest absolute Gasteiger partial charge is 0.119 e. The molecule has 1 fully saturated rings. The molecule has 1 aliphatic heterocycles. The van der Waals surface area contributed by atoms with Crippen LogP contribution in [0.1, 0.15) is 45.6 Å². The lowest BCUT2D eigenvalue weighted by molar-refractivity contribution is 0.242. The Labute approximate surface area is 104 Å². The largest absolute Gasteiger partial charge is 0.491 e. The van der Waals surface area contributed by atoms with Gasteiger partial charge in [0, 0.05) is 18.0 Å². The van der Waals surface area contributed by atoms with Crippen LogP contribution < -0.4 is 10.1 Å². The first kappa shape index (κ1) is 12.4. The van der Waals surface area contributed by atoms with E-state index in [1.54, 1.807) is 0 Å². The topological polar surface area (TPSA) is 21.3 Å². The Bertz CT molecular complexity index is 358. The first-order valence-corrected chi connectivity index (χ1v) is 6.59. The van der Waals surface area contributed by atoms with Gasteiger partial charge in [0.25, 0.3) is 0 Å². The van der Waals surface area contributed by atoms with Crippen LogP contribution in [0.15, 0.2) is 24.3 Å². The van der Waals surface area contributed by atoms with Crippen LogP contribution in [-0.2, 0) is 0 Å². The van der Waals surface area contributed by atoms with Crippen molar-refractivity contribution in [2.24, 2.45) is 0 Å². The molecule has 0 radical (unpaired) electrons. The molecule has 2 heteroatoms. The molecule has 17 heavy (non-hydrogen) atoms. The van der Waals surface area contributed by atoms with Gasteiger partial charge in [-0.05, 0) is 51.8 Å². The molecule has 1 N–H and O–H groups in total. The van der Waals surface area contributed by atoms with E-state index in [0.29, 0.717) is 18.0 Å². The maximum absolute atomic E-state index is 5.66. The van der Waals surface area contributed by atoms with Crippen LogP contribution in [0.5, 0.6) is 5.75 Å². The molecule has 1 aromatic carbocycles. The summed E-state index contributed by atoms with van der Waals surface area (Å²) in [6, 6.07) is 9.79. The van der Waals surface area contributed by atoms with Gasteiger partial charge >= 0.3 is 0 Å². The van der Waals surface area contributed by atoms with Crippen molar-refractivity contribution < 1.29 is 4.74 Å². The number of benzene rings is 1. The second-order valence-corrected chi connectivity index (χ2v) is 5.43. The highest BCUT2D eigenvalue weighted by Gasteiger charge is 2.28. The van der Waals surface area contributed by atoms with Crippen LogP contribution >= 0.6 is 0 Å². The van der Waals surface area contributed by atoms with E-state index >= 15 is 0 Å². The van der Waals surface area contributed by atoms with Crippen LogP contribution in [0.25, 0.3) is 0 Å². The van der Waals surface area contributed by atoms with Crippen molar-refractivity contribution in [1.29, 1.82) is 0 Å². The Morgan fingerprint density at radius 2 is 1.82 bits per heavy atom. The van der Waals surface area contributed by atoms with Gasteiger partial charge < -0.3 is 10.1 Å². The Balaban J connectivity index is 2.07. The zero-order valence-electron chi connectivity index (χ0n) is 11.2. The standard InChI is InChI=1S/C15H23NO/c1-10(2)17-14-7-5-13(6-8-14)15-9-11(3)16-12(15)4/h5-8,10-12,15-16H,9H2,1-4H3. The summed E-state index contributed by atoms with van der Waals surface area (Å²) >= 11 is 0. The number of hydrogen-bond acceptors (Lipinski definition) is 2. The fourth-order valence-corrected chi connectivity index (χ4v) is 2.71. The van der Waals surface area contributed by atoms with Gasteiger partial charge in [-0.1, -0.05) is 12.1 Å². The van der Waals surface area contributed by atoms with Crippen molar-refractivity contribution >= 4 is 0 Å². The molecule has 0 bridgehead atoms. The molecular formula is C15H23NO. The van der Waals surface area contributed by atoms with Crippen LogP contribution in [0, 0.1) is 0 Å². The second-order valence-electron chi connectivity index (χ2n) is 5.43. The molecule has 0 spiro atoms. The molecule has 2 nitrogen and oxygen atoms in total. The quantitative estimate of drug-likeness (QED) is 0.864. The van der Waals surface area contributed by atoms with Crippen molar-refractivity contribution in [2.45, 2.75) is 58.2 Å². The maximum atomic E-state index is 5.66. The monoisotopic (exact) mass is 233 g/mol. The fraction of sp³-hybridized carbons (Fsp3) is 0.600. The van der Waals surface area contributed by atoms with Crippen LogP contribution in [0.2, 0.25) is 0 Å². The first-order chi connectivity index (χ1) is 8.06. The van der Waals surface area contributed by atoms with Gasteiger partial charge in [-0.25, -0.2) is 0 Å². The summed E-state index contributed by atoms with van der Waals surface area (Å²) in [5.74, 6) is 1.61. The van der Waals surface area contributed by atoms with E-state index in [9.17, 15) is 0 Å². The minimum absolute atomic E-state index is 0.243. The van der Waals surface area contributed by atoms with Crippen molar-refractivity contribution in [1.82, 2.24) is 5.32 Å². The van der Waals surface area contributed by atoms with Gasteiger partial charge in [-0.3, -0.25) is 0 Å². The van der Waals surface area contributed by atoms with E-state index in [2.05, 4.69) is 57.3 Å². The molecular weight excluding hydrogens is 210 g/mol. The molecule has 3 unspecified atom stereocenters. The highest BCUT2D eigenvalue weighted by Crippen LogP contribution is 2.31. The SMILES string of the molecule is CC1CC(c2ccc(OC(C)C)cc2)C(C)N1. The molecule has 0 aliphatic carbocycles. The Kier molecular flexibility index (Phi) is 3.72. The van der Waals surface area contributed by atoms with E-state index in [0.717, 1.165) is 5.75 Å². The molecule has 1 aromatic rings. The normalized spacial score (nSPS) is 28.6. The number of nitrogens with one attached hydrogen (secondary N) is 1. The van der Waals surface area contributed by atoms with E-state index in [1.807, 2.05) is 0 Å². The van der Waals surface area contributed by atoms with Crippen molar-refractivity contribution in [2.75, 3.05) is 0 Å². The Morgan fingerprint density at radius 3 is 2.29 bits per heavy atom. The van der Waals surface area contributed by atoms with E-state index < -0.39 is 0 Å². The molecule has 1 saturated heterocycles. The van der Waals surface area contributed by atoms with E-state index in [4.69, 9.17) is 4.74 Å². The molecule has 3 atom stereocenters. The lowest BCUT2D eigenvalue weighted by Crippen LogP contribution is -2.26. The van der Waals surface area contributed by atoms with Crippen LogP contribution in [0.3, 0.4) is 0 Å². The summed E-state index contributed by atoms with van der Waals surface area (Å²) in [6.07, 6.45) is 1.47. The number of hydrogen-bond donors (Lipinski definition) is 1. The summed E-state index contributed by atoms with van der Waals surface area (Å²) in [4.78, 5) is 0. The lowest BCUT2D eigenvalue weighted by Gasteiger charge is -2.16. The van der Waals surface area contributed by atoms with Gasteiger partial charge in [-0.15, -0.1) is 0 Å². The van der Waals surface area contributed by atoms with E-state index in [1.165, 1.54) is 12.0 Å². The molecule has 2 rings (SSSR count). The van der Waals surface area contributed by atoms with Crippen molar-refractivity contribution in [3.63, 3.8) is 0 Å². The van der Waals surface area contributed by atoms with E-state index in [-0.39, 0.29) is 6.10 Å². The summed E-state index contributed by atoms with van der Waals surface area (Å²) in [5.41, 5.74) is 1.42. The number of ether oxygens (including phenoxy) is 1. The maximum Gasteiger partial charge on any atom is 0.119 e. The van der Waals surface area contributed by atoms with Crippen LogP contribution in [0.4, 0.5) is 0 Å². The summed E-state index contributed by atoms with van der Waals surface area (Å²) in [6.45, 7) is 8.64. The number of rotatable bonds is 3. The highest BCUT2D eigenvalue weighted by molar-refractivity contribution is 5.31. The van der Waals surface area contributed by atoms with Gasteiger partial charge in [-0.2, -0.15) is 0 Å². The Hall–Kier alpha value is -1.02. The van der Waals surface area contributed by atoms with Crippen LogP contribution in [-0.4, -0.2) is 18.2 Å². The molecule has 0 amide bonds. The fourth-order valence-electron chi connectivity index (χ4n) is 2.71. The lowest BCUT2D eigenvalue weighted by atomic mass is 9.92. The van der Waals surface area contributed by atoms with Crippen molar-refractivity contribution in [3.05, 3.63) is 29.8 Å². The predicted molar refractivity (Wildman–Crippen MR) is 71.6 cm³/mol. The zero-order valence-corrected chi connectivity index (χ0v) is 11.2. The first-order valence-electron chi connectivity index (χ1n) is 6.59. The summed E-state index contributed by atoms with van der Waals surface area (Å²) in [5, 5.41) is 3.58. The van der Waals surface area contributed by atoms with Gasteiger partial charge in [0.2, 0.25) is 0 Å². The minimum atomic E-state index is 0.243. The average molecular weight is 233 g/mol. The highest BCUT2D eigenvalue weighted by atomic mass is 16.5. The zero-order chi connectivity index (χ0) is 12.4. The van der Waals surface area contributed by atoms with Gasteiger partial charge in [0.1, 0.15) is 5.75 Å².